The molecule has 4 aromatic rings. The molecule has 0 saturated heterocycles. The number of amides is 1. The van der Waals surface area contributed by atoms with Crippen LogP contribution in [-0.2, 0) is 6.54 Å². The summed E-state index contributed by atoms with van der Waals surface area (Å²) in [6.07, 6.45) is 3.23. The van der Waals surface area contributed by atoms with Gasteiger partial charge in [-0.05, 0) is 43.3 Å². The third-order valence-corrected chi connectivity index (χ3v) is 4.75. The van der Waals surface area contributed by atoms with E-state index >= 15 is 0 Å². The first-order chi connectivity index (χ1) is 14.1. The molecule has 1 aromatic carbocycles. The second-order valence-electron chi connectivity index (χ2n) is 6.97. The third kappa shape index (κ3) is 4.27. The fourth-order valence-electron chi connectivity index (χ4n) is 3.17. The molecule has 0 saturated carbocycles. The quantitative estimate of drug-likeness (QED) is 0.521. The molecule has 1 amide bonds. The van der Waals surface area contributed by atoms with Crippen molar-refractivity contribution in [2.45, 2.75) is 19.5 Å². The van der Waals surface area contributed by atoms with Crippen molar-refractivity contribution in [1.29, 1.82) is 0 Å². The molecule has 29 heavy (non-hydrogen) atoms. The summed E-state index contributed by atoms with van der Waals surface area (Å²) >= 11 is 0. The lowest BCUT2D eigenvalue weighted by Gasteiger charge is -2.17. The molecule has 0 aliphatic rings. The highest BCUT2D eigenvalue weighted by molar-refractivity contribution is 5.93. The molecule has 3 heterocycles. The molecule has 0 radical (unpaired) electrons. The van der Waals surface area contributed by atoms with E-state index in [1.54, 1.807) is 36.5 Å². The number of fused-ring (bicyclic) bond motifs is 1. The van der Waals surface area contributed by atoms with Crippen LogP contribution in [0.5, 0.6) is 0 Å². The van der Waals surface area contributed by atoms with Crippen molar-refractivity contribution in [2.24, 2.45) is 0 Å². The molecule has 6 nitrogen and oxygen atoms in total. The van der Waals surface area contributed by atoms with Gasteiger partial charge in [0.25, 0.3) is 5.91 Å². The van der Waals surface area contributed by atoms with Crippen LogP contribution in [0.2, 0.25) is 0 Å². The van der Waals surface area contributed by atoms with Gasteiger partial charge in [0.1, 0.15) is 11.6 Å². The van der Waals surface area contributed by atoms with Gasteiger partial charge in [-0.2, -0.15) is 0 Å². The second-order valence-corrected chi connectivity index (χ2v) is 6.97. The van der Waals surface area contributed by atoms with E-state index in [9.17, 15) is 4.79 Å². The van der Waals surface area contributed by atoms with Gasteiger partial charge in [-0.1, -0.05) is 24.3 Å². The normalized spacial score (nSPS) is 11.9. The molecule has 0 aliphatic heterocycles. The Morgan fingerprint density at radius 1 is 1.10 bits per heavy atom. The van der Waals surface area contributed by atoms with Gasteiger partial charge in [0.15, 0.2) is 0 Å². The van der Waals surface area contributed by atoms with E-state index in [0.29, 0.717) is 17.9 Å². The van der Waals surface area contributed by atoms with E-state index in [1.165, 1.54) is 0 Å². The SMILES string of the molecule is C[C@H](Nc1ccc(C(=O)N(C)Cc2ccc3ccccc3n2)cn1)c1ccco1. The lowest BCUT2D eigenvalue weighted by atomic mass is 10.2. The summed E-state index contributed by atoms with van der Waals surface area (Å²) in [5.74, 6) is 1.41. The lowest BCUT2D eigenvalue weighted by molar-refractivity contribution is 0.0783. The lowest BCUT2D eigenvalue weighted by Crippen LogP contribution is -2.26. The van der Waals surface area contributed by atoms with Crippen LogP contribution in [0.15, 0.2) is 77.5 Å². The molecule has 0 bridgehead atoms. The molecular weight excluding hydrogens is 364 g/mol. The Hall–Kier alpha value is -3.67. The molecule has 0 unspecified atom stereocenters. The van der Waals surface area contributed by atoms with Crippen LogP contribution >= 0.6 is 0 Å². The summed E-state index contributed by atoms with van der Waals surface area (Å²) in [5, 5.41) is 4.34. The molecule has 4 rings (SSSR count). The number of carbonyl (C=O) groups is 1. The van der Waals surface area contributed by atoms with Crippen molar-refractivity contribution in [2.75, 3.05) is 12.4 Å². The van der Waals surface area contributed by atoms with Crippen LogP contribution in [0.1, 0.15) is 34.8 Å². The Morgan fingerprint density at radius 2 is 1.97 bits per heavy atom. The van der Waals surface area contributed by atoms with Gasteiger partial charge in [0.2, 0.25) is 0 Å². The van der Waals surface area contributed by atoms with E-state index < -0.39 is 0 Å². The van der Waals surface area contributed by atoms with E-state index in [-0.39, 0.29) is 11.9 Å². The fraction of sp³-hybridized carbons (Fsp3) is 0.174. The van der Waals surface area contributed by atoms with Crippen molar-refractivity contribution in [3.05, 3.63) is 90.1 Å². The number of rotatable bonds is 6. The van der Waals surface area contributed by atoms with Crippen LogP contribution in [-0.4, -0.2) is 27.8 Å². The molecule has 146 valence electrons. The minimum Gasteiger partial charge on any atom is -0.467 e. The van der Waals surface area contributed by atoms with Crippen molar-refractivity contribution < 1.29 is 9.21 Å². The maximum Gasteiger partial charge on any atom is 0.255 e. The molecule has 0 spiro atoms. The number of pyridine rings is 2. The Bertz CT molecular complexity index is 1110. The number of nitrogens with zero attached hydrogens (tertiary/aromatic N) is 3. The zero-order valence-electron chi connectivity index (χ0n) is 16.4. The molecule has 0 fully saturated rings. The molecule has 3 aromatic heterocycles. The smallest absolute Gasteiger partial charge is 0.255 e. The van der Waals surface area contributed by atoms with Crippen LogP contribution in [0.3, 0.4) is 0 Å². The van der Waals surface area contributed by atoms with Crippen molar-refractivity contribution in [3.63, 3.8) is 0 Å². The van der Waals surface area contributed by atoms with E-state index in [0.717, 1.165) is 22.4 Å². The zero-order valence-corrected chi connectivity index (χ0v) is 16.4. The summed E-state index contributed by atoms with van der Waals surface area (Å²) in [4.78, 5) is 23.4. The molecule has 1 N–H and O–H groups in total. The van der Waals surface area contributed by atoms with Crippen molar-refractivity contribution >= 4 is 22.6 Å². The molecule has 1 atom stereocenters. The van der Waals surface area contributed by atoms with Crippen molar-refractivity contribution in [1.82, 2.24) is 14.9 Å². The number of aromatic nitrogens is 2. The summed E-state index contributed by atoms with van der Waals surface area (Å²) in [6.45, 7) is 2.42. The molecule has 6 heteroatoms. The van der Waals surface area contributed by atoms with Gasteiger partial charge in [0, 0.05) is 18.6 Å². The van der Waals surface area contributed by atoms with Crippen molar-refractivity contribution in [3.8, 4) is 0 Å². The summed E-state index contributed by atoms with van der Waals surface area (Å²) in [5.41, 5.74) is 2.30. The molecular formula is C23H22N4O2. The predicted octanol–water partition coefficient (Wildman–Crippen LogP) is 4.67. The number of nitrogens with one attached hydrogen (secondary N) is 1. The first kappa shape index (κ1) is 18.7. The highest BCUT2D eigenvalue weighted by Crippen LogP contribution is 2.19. The summed E-state index contributed by atoms with van der Waals surface area (Å²) in [7, 11) is 1.77. The standard InChI is InChI=1S/C23H22N4O2/c1-16(21-8-5-13-29-21)25-22-12-10-18(14-24-22)23(28)27(2)15-19-11-9-17-6-3-4-7-20(17)26-19/h3-14,16H,15H2,1-2H3,(H,24,25)/t16-/m0/s1. The Kier molecular flexibility index (Phi) is 5.24. The first-order valence-electron chi connectivity index (χ1n) is 9.46. The Morgan fingerprint density at radius 3 is 2.72 bits per heavy atom. The van der Waals surface area contributed by atoms with E-state index in [2.05, 4.69) is 15.3 Å². The number of hydrogen-bond donors (Lipinski definition) is 1. The monoisotopic (exact) mass is 386 g/mol. The van der Waals surface area contributed by atoms with Gasteiger partial charge in [-0.15, -0.1) is 0 Å². The van der Waals surface area contributed by atoms with Crippen LogP contribution < -0.4 is 5.32 Å². The number of para-hydroxylation sites is 1. The summed E-state index contributed by atoms with van der Waals surface area (Å²) in [6, 6.07) is 19.2. The highest BCUT2D eigenvalue weighted by Gasteiger charge is 2.14. The largest absolute Gasteiger partial charge is 0.467 e. The average Bonchev–Trinajstić information content (AvgIpc) is 3.29. The summed E-state index contributed by atoms with van der Waals surface area (Å²) < 4.78 is 5.39. The number of hydrogen-bond acceptors (Lipinski definition) is 5. The average molecular weight is 386 g/mol. The van der Waals surface area contributed by atoms with Gasteiger partial charge < -0.3 is 14.6 Å². The van der Waals surface area contributed by atoms with Gasteiger partial charge >= 0.3 is 0 Å². The zero-order chi connectivity index (χ0) is 20.2. The number of anilines is 1. The maximum atomic E-state index is 12.8. The third-order valence-electron chi connectivity index (χ3n) is 4.75. The van der Waals surface area contributed by atoms with Crippen LogP contribution in [0, 0.1) is 0 Å². The Balaban J connectivity index is 1.41. The van der Waals surface area contributed by atoms with E-state index in [1.807, 2.05) is 55.5 Å². The first-order valence-corrected chi connectivity index (χ1v) is 9.46. The highest BCUT2D eigenvalue weighted by atomic mass is 16.3. The number of furan rings is 1. The fourth-order valence-corrected chi connectivity index (χ4v) is 3.17. The predicted molar refractivity (Wildman–Crippen MR) is 113 cm³/mol. The van der Waals surface area contributed by atoms with Crippen LogP contribution in [0.25, 0.3) is 10.9 Å². The number of carbonyl (C=O) groups excluding carboxylic acids is 1. The van der Waals surface area contributed by atoms with Gasteiger partial charge in [-0.25, -0.2) is 4.98 Å². The van der Waals surface area contributed by atoms with Gasteiger partial charge in [0.05, 0.1) is 35.6 Å². The topological polar surface area (TPSA) is 71.3 Å². The van der Waals surface area contributed by atoms with Gasteiger partial charge in [-0.3, -0.25) is 9.78 Å². The Labute approximate surface area is 169 Å². The maximum absolute atomic E-state index is 12.8. The number of benzene rings is 1. The van der Waals surface area contributed by atoms with Crippen LogP contribution in [0.4, 0.5) is 5.82 Å². The minimum absolute atomic E-state index is 0.0132. The second kappa shape index (κ2) is 8.14. The minimum atomic E-state index is -0.0990. The van der Waals surface area contributed by atoms with E-state index in [4.69, 9.17) is 4.42 Å². The molecule has 0 aliphatic carbocycles.